The number of nitrogens with zero attached hydrogens (tertiary/aromatic N) is 3. The summed E-state index contributed by atoms with van der Waals surface area (Å²) in [4.78, 5) is 45.8. The number of rotatable bonds is 5. The standard InChI is InChI=1S/C25H18F4N4O4/c1-14-13-24(14)22(35)32(17-6-8-19(9-7-17)37-25(27,28)29)23(36)33(24)18-10-11-30-20(12-18)31-21(34)15-2-4-16(26)5-3-15/h2-12,14H,13H2,1H3,(H,30,31,34). The van der Waals surface area contributed by atoms with Crippen LogP contribution in [0, 0.1) is 11.7 Å². The monoisotopic (exact) mass is 514 g/mol. The lowest BCUT2D eigenvalue weighted by Crippen LogP contribution is -2.39. The minimum absolute atomic E-state index is 0.0874. The molecule has 2 aliphatic rings. The Balaban J connectivity index is 1.42. The van der Waals surface area contributed by atoms with Crippen LogP contribution in [0.2, 0.25) is 0 Å². The van der Waals surface area contributed by atoms with E-state index in [2.05, 4.69) is 15.0 Å². The first kappa shape index (κ1) is 24.2. The van der Waals surface area contributed by atoms with Crippen molar-refractivity contribution in [1.82, 2.24) is 4.98 Å². The number of amides is 4. The smallest absolute Gasteiger partial charge is 0.406 e. The third kappa shape index (κ3) is 4.34. The molecule has 5 rings (SSSR count). The van der Waals surface area contributed by atoms with Gasteiger partial charge in [0.1, 0.15) is 22.9 Å². The minimum atomic E-state index is -4.88. The highest BCUT2D eigenvalue weighted by molar-refractivity contribution is 6.32. The molecule has 1 N–H and O–H groups in total. The Kier molecular flexibility index (Phi) is 5.61. The highest BCUT2D eigenvalue weighted by Crippen LogP contribution is 2.55. The molecule has 1 spiro atoms. The molecule has 2 unspecified atom stereocenters. The van der Waals surface area contributed by atoms with Crippen LogP contribution in [0.15, 0.2) is 66.9 Å². The lowest BCUT2D eigenvalue weighted by atomic mass is 10.1. The number of urea groups is 1. The van der Waals surface area contributed by atoms with Crippen molar-refractivity contribution in [3.8, 4) is 5.75 Å². The van der Waals surface area contributed by atoms with Gasteiger partial charge in [-0.2, -0.15) is 0 Å². The van der Waals surface area contributed by atoms with Gasteiger partial charge in [0, 0.05) is 17.8 Å². The molecule has 1 aliphatic carbocycles. The van der Waals surface area contributed by atoms with Gasteiger partial charge in [-0.05, 0) is 66.9 Å². The number of pyridine rings is 1. The molecule has 1 aliphatic heterocycles. The number of ether oxygens (including phenoxy) is 1. The molecule has 37 heavy (non-hydrogen) atoms. The van der Waals surface area contributed by atoms with Gasteiger partial charge in [0.05, 0.1) is 11.4 Å². The van der Waals surface area contributed by atoms with Gasteiger partial charge < -0.3 is 10.1 Å². The molecule has 2 aromatic carbocycles. The third-order valence-corrected chi connectivity index (χ3v) is 6.31. The maximum absolute atomic E-state index is 13.5. The second-order valence-electron chi connectivity index (χ2n) is 8.69. The molecule has 3 aromatic rings. The number of carbonyl (C=O) groups excluding carboxylic acids is 3. The van der Waals surface area contributed by atoms with Crippen LogP contribution in [-0.4, -0.2) is 34.7 Å². The number of imide groups is 1. The van der Waals surface area contributed by atoms with E-state index in [1.165, 1.54) is 47.5 Å². The maximum Gasteiger partial charge on any atom is 0.573 e. The lowest BCUT2D eigenvalue weighted by Gasteiger charge is -2.22. The second-order valence-corrected chi connectivity index (χ2v) is 8.69. The fourth-order valence-corrected chi connectivity index (χ4v) is 4.45. The van der Waals surface area contributed by atoms with E-state index in [-0.39, 0.29) is 23.0 Å². The lowest BCUT2D eigenvalue weighted by molar-refractivity contribution is -0.274. The third-order valence-electron chi connectivity index (χ3n) is 6.31. The van der Waals surface area contributed by atoms with Gasteiger partial charge in [-0.25, -0.2) is 19.1 Å². The number of alkyl halides is 3. The number of halogens is 4. The van der Waals surface area contributed by atoms with E-state index in [0.717, 1.165) is 29.2 Å². The van der Waals surface area contributed by atoms with Crippen LogP contribution in [-0.2, 0) is 4.79 Å². The Morgan fingerprint density at radius 1 is 1.05 bits per heavy atom. The zero-order valence-corrected chi connectivity index (χ0v) is 19.1. The molecule has 0 bridgehead atoms. The van der Waals surface area contributed by atoms with Crippen LogP contribution in [0.4, 0.5) is 39.5 Å². The second kappa shape index (κ2) is 8.57. The van der Waals surface area contributed by atoms with Crippen molar-refractivity contribution in [3.63, 3.8) is 0 Å². The molecule has 1 saturated carbocycles. The van der Waals surface area contributed by atoms with E-state index in [1.807, 2.05) is 0 Å². The average molecular weight is 514 g/mol. The molecule has 12 heteroatoms. The van der Waals surface area contributed by atoms with Crippen molar-refractivity contribution in [1.29, 1.82) is 0 Å². The topological polar surface area (TPSA) is 91.8 Å². The molecule has 2 heterocycles. The highest BCUT2D eigenvalue weighted by Gasteiger charge is 2.70. The van der Waals surface area contributed by atoms with E-state index in [0.29, 0.717) is 12.1 Å². The zero-order valence-electron chi connectivity index (χ0n) is 19.1. The zero-order chi connectivity index (χ0) is 26.5. The van der Waals surface area contributed by atoms with Crippen LogP contribution in [0.3, 0.4) is 0 Å². The van der Waals surface area contributed by atoms with Crippen molar-refractivity contribution < 1.29 is 36.7 Å². The van der Waals surface area contributed by atoms with Crippen LogP contribution in [0.5, 0.6) is 5.75 Å². The van der Waals surface area contributed by atoms with Gasteiger partial charge in [-0.1, -0.05) is 6.92 Å². The van der Waals surface area contributed by atoms with Crippen molar-refractivity contribution in [2.75, 3.05) is 15.1 Å². The molecule has 4 amide bonds. The number of nitrogens with one attached hydrogen (secondary N) is 1. The minimum Gasteiger partial charge on any atom is -0.406 e. The Hall–Kier alpha value is -4.48. The summed E-state index contributed by atoms with van der Waals surface area (Å²) >= 11 is 0. The number of aromatic nitrogens is 1. The SMILES string of the molecule is CC1CC12C(=O)N(c1ccc(OC(F)(F)F)cc1)C(=O)N2c1ccnc(NC(=O)c2ccc(F)cc2)c1. The molecule has 1 aromatic heterocycles. The molecule has 2 atom stereocenters. The summed E-state index contributed by atoms with van der Waals surface area (Å²) in [6, 6.07) is 11.6. The van der Waals surface area contributed by atoms with Gasteiger partial charge in [-0.15, -0.1) is 13.2 Å². The van der Waals surface area contributed by atoms with Gasteiger partial charge >= 0.3 is 12.4 Å². The molecule has 0 radical (unpaired) electrons. The van der Waals surface area contributed by atoms with E-state index in [9.17, 15) is 31.9 Å². The van der Waals surface area contributed by atoms with E-state index >= 15 is 0 Å². The molecular formula is C25H18F4N4O4. The van der Waals surface area contributed by atoms with Crippen molar-refractivity contribution in [2.24, 2.45) is 5.92 Å². The van der Waals surface area contributed by atoms with Crippen LogP contribution >= 0.6 is 0 Å². The molecule has 8 nitrogen and oxygen atoms in total. The summed E-state index contributed by atoms with van der Waals surface area (Å²) in [5, 5.41) is 2.58. The van der Waals surface area contributed by atoms with E-state index in [4.69, 9.17) is 0 Å². The van der Waals surface area contributed by atoms with Crippen LogP contribution in [0.1, 0.15) is 23.7 Å². The van der Waals surface area contributed by atoms with Gasteiger partial charge in [0.2, 0.25) is 0 Å². The number of anilines is 3. The number of hydrogen-bond donors (Lipinski definition) is 1. The largest absolute Gasteiger partial charge is 0.573 e. The molecule has 190 valence electrons. The van der Waals surface area contributed by atoms with Gasteiger partial charge in [0.25, 0.3) is 11.8 Å². The Labute approximate surface area is 207 Å². The summed E-state index contributed by atoms with van der Waals surface area (Å²) in [5.41, 5.74) is -0.592. The quantitative estimate of drug-likeness (QED) is 0.377. The van der Waals surface area contributed by atoms with E-state index in [1.54, 1.807) is 6.92 Å². The van der Waals surface area contributed by atoms with Crippen molar-refractivity contribution in [3.05, 3.63) is 78.2 Å². The van der Waals surface area contributed by atoms with Gasteiger partial charge in [0.15, 0.2) is 0 Å². The van der Waals surface area contributed by atoms with Gasteiger partial charge in [-0.3, -0.25) is 14.5 Å². The Morgan fingerprint density at radius 3 is 2.30 bits per heavy atom. The highest BCUT2D eigenvalue weighted by atomic mass is 19.4. The van der Waals surface area contributed by atoms with Crippen LogP contribution in [0.25, 0.3) is 0 Å². The fraction of sp³-hybridized carbons (Fsp3) is 0.200. The van der Waals surface area contributed by atoms with Crippen LogP contribution < -0.4 is 19.9 Å². The normalized spacial score (nSPS) is 20.9. The number of benzene rings is 2. The summed E-state index contributed by atoms with van der Waals surface area (Å²) in [6.07, 6.45) is -3.14. The van der Waals surface area contributed by atoms with Crippen molar-refractivity contribution in [2.45, 2.75) is 25.2 Å². The Bertz CT molecular complexity index is 1400. The first-order valence-corrected chi connectivity index (χ1v) is 11.1. The number of hydrogen-bond acceptors (Lipinski definition) is 5. The number of carbonyl (C=O) groups is 3. The first-order valence-electron chi connectivity index (χ1n) is 11.1. The first-order chi connectivity index (χ1) is 17.5. The molecular weight excluding hydrogens is 496 g/mol. The van der Waals surface area contributed by atoms with Crippen molar-refractivity contribution >= 4 is 35.0 Å². The predicted molar refractivity (Wildman–Crippen MR) is 124 cm³/mol. The summed E-state index contributed by atoms with van der Waals surface area (Å²) in [5.74, 6) is -2.13. The van der Waals surface area contributed by atoms with E-state index < -0.39 is 41.3 Å². The Morgan fingerprint density at radius 2 is 1.70 bits per heavy atom. The molecule has 2 fully saturated rings. The average Bonchev–Trinajstić information content (AvgIpc) is 3.45. The predicted octanol–water partition coefficient (Wildman–Crippen LogP) is 5.12. The summed E-state index contributed by atoms with van der Waals surface area (Å²) < 4.78 is 54.5. The fourth-order valence-electron chi connectivity index (χ4n) is 4.45. The maximum atomic E-state index is 13.5. The molecule has 1 saturated heterocycles. The summed E-state index contributed by atoms with van der Waals surface area (Å²) in [7, 11) is 0. The summed E-state index contributed by atoms with van der Waals surface area (Å²) in [6.45, 7) is 1.81.